The van der Waals surface area contributed by atoms with E-state index in [-0.39, 0.29) is 36.3 Å². The first kappa shape index (κ1) is 23.1. The van der Waals surface area contributed by atoms with Gasteiger partial charge in [-0.3, -0.25) is 4.79 Å². The number of nitrogens with zero attached hydrogens (tertiary/aromatic N) is 1. The molecule has 10 heteroatoms. The van der Waals surface area contributed by atoms with Crippen molar-refractivity contribution < 1.29 is 22.7 Å². The topological polar surface area (TPSA) is 117 Å². The maximum absolute atomic E-state index is 12.6. The van der Waals surface area contributed by atoms with E-state index in [0.717, 1.165) is 24.8 Å². The van der Waals surface area contributed by atoms with Crippen molar-refractivity contribution in [2.45, 2.75) is 37.1 Å². The summed E-state index contributed by atoms with van der Waals surface area (Å²) in [6.07, 6.45) is 3.04. The zero-order valence-electron chi connectivity index (χ0n) is 16.8. The van der Waals surface area contributed by atoms with Crippen LogP contribution in [0.5, 0.6) is 0 Å². The number of benzene rings is 1. The van der Waals surface area contributed by atoms with Crippen LogP contribution in [-0.2, 0) is 26.1 Å². The molecular formula is C19H30N4O5S. The van der Waals surface area contributed by atoms with Gasteiger partial charge in [0.15, 0.2) is 0 Å². The first-order chi connectivity index (χ1) is 13.9. The number of hydrogen-bond donors (Lipinski definition) is 3. The summed E-state index contributed by atoms with van der Waals surface area (Å²) >= 11 is 0. The Morgan fingerprint density at radius 2 is 1.69 bits per heavy atom. The van der Waals surface area contributed by atoms with Crippen molar-refractivity contribution in [1.29, 1.82) is 0 Å². The number of methoxy groups -OCH3 is 1. The van der Waals surface area contributed by atoms with Crippen molar-refractivity contribution >= 4 is 22.0 Å². The van der Waals surface area contributed by atoms with Gasteiger partial charge in [0.05, 0.1) is 11.5 Å². The van der Waals surface area contributed by atoms with Crippen LogP contribution in [0.15, 0.2) is 29.2 Å². The van der Waals surface area contributed by atoms with Crippen LogP contribution in [-0.4, -0.2) is 64.6 Å². The fourth-order valence-electron chi connectivity index (χ4n) is 2.95. The highest BCUT2D eigenvalue weighted by atomic mass is 32.2. The molecule has 1 aromatic rings. The number of urea groups is 1. The first-order valence-corrected chi connectivity index (χ1v) is 11.2. The zero-order valence-corrected chi connectivity index (χ0v) is 17.6. The molecule has 0 saturated carbocycles. The second-order valence-electron chi connectivity index (χ2n) is 6.81. The molecule has 0 spiro atoms. The van der Waals surface area contributed by atoms with E-state index in [1.165, 1.54) is 4.31 Å². The molecular weight excluding hydrogens is 396 g/mol. The molecule has 0 aliphatic carbocycles. The monoisotopic (exact) mass is 426 g/mol. The molecule has 3 amide bonds. The largest absolute Gasteiger partial charge is 0.383 e. The third-order valence-electron chi connectivity index (χ3n) is 4.60. The minimum atomic E-state index is -3.45. The maximum atomic E-state index is 12.6. The highest BCUT2D eigenvalue weighted by molar-refractivity contribution is 7.89. The van der Waals surface area contributed by atoms with Gasteiger partial charge < -0.3 is 20.7 Å². The van der Waals surface area contributed by atoms with Crippen molar-refractivity contribution in [3.63, 3.8) is 0 Å². The van der Waals surface area contributed by atoms with Crippen molar-refractivity contribution in [2.75, 3.05) is 39.9 Å². The molecule has 162 valence electrons. The lowest BCUT2D eigenvalue weighted by molar-refractivity contribution is -0.121. The van der Waals surface area contributed by atoms with E-state index >= 15 is 0 Å². The van der Waals surface area contributed by atoms with Gasteiger partial charge in [0.2, 0.25) is 15.9 Å². The summed E-state index contributed by atoms with van der Waals surface area (Å²) in [5.41, 5.74) is 0.787. The Morgan fingerprint density at radius 1 is 1.00 bits per heavy atom. The van der Waals surface area contributed by atoms with Crippen molar-refractivity contribution in [3.05, 3.63) is 29.8 Å². The number of nitrogens with one attached hydrogen (secondary N) is 3. The van der Waals surface area contributed by atoms with Crippen LogP contribution in [0.2, 0.25) is 0 Å². The molecule has 1 aromatic carbocycles. The van der Waals surface area contributed by atoms with Gasteiger partial charge in [0.25, 0.3) is 0 Å². The third-order valence-corrected chi connectivity index (χ3v) is 6.51. The van der Waals surface area contributed by atoms with Crippen LogP contribution in [0.4, 0.5) is 4.79 Å². The van der Waals surface area contributed by atoms with Gasteiger partial charge in [0.1, 0.15) is 0 Å². The minimum Gasteiger partial charge on any atom is -0.383 e. The molecule has 0 atom stereocenters. The van der Waals surface area contributed by atoms with E-state index in [0.29, 0.717) is 26.2 Å². The molecule has 2 rings (SSSR count). The van der Waals surface area contributed by atoms with Gasteiger partial charge in [-0.05, 0) is 30.5 Å². The fourth-order valence-corrected chi connectivity index (χ4v) is 4.47. The average Bonchev–Trinajstić information content (AvgIpc) is 2.73. The molecule has 9 nitrogen and oxygen atoms in total. The molecule has 0 aromatic heterocycles. The molecule has 0 radical (unpaired) electrons. The Hall–Kier alpha value is -2.17. The number of piperidine rings is 1. The van der Waals surface area contributed by atoms with Gasteiger partial charge in [-0.25, -0.2) is 13.2 Å². The molecule has 29 heavy (non-hydrogen) atoms. The van der Waals surface area contributed by atoms with Gasteiger partial charge >= 0.3 is 6.03 Å². The Bertz CT molecular complexity index is 761. The minimum absolute atomic E-state index is 0.159. The van der Waals surface area contributed by atoms with Crippen LogP contribution in [0.3, 0.4) is 0 Å². The van der Waals surface area contributed by atoms with Crippen LogP contribution in [0.25, 0.3) is 0 Å². The summed E-state index contributed by atoms with van der Waals surface area (Å²) in [6.45, 7) is 2.49. The van der Waals surface area contributed by atoms with E-state index in [2.05, 4.69) is 16.0 Å². The normalized spacial score (nSPS) is 14.9. The highest BCUT2D eigenvalue weighted by Gasteiger charge is 2.25. The van der Waals surface area contributed by atoms with Crippen molar-refractivity contribution in [1.82, 2.24) is 20.3 Å². The standard InChI is InChI=1S/C19H30N4O5S/c1-28-14-11-20-18(24)9-10-21-19(25)22-15-16-5-7-17(8-6-16)29(26,27)23-12-3-2-4-13-23/h5-8H,2-4,9-15H2,1H3,(H,20,24)(H2,21,22,25). The molecule has 0 bridgehead atoms. The van der Waals surface area contributed by atoms with Crippen LogP contribution in [0.1, 0.15) is 31.2 Å². The number of hydrogen-bond acceptors (Lipinski definition) is 5. The Labute approximate surface area is 172 Å². The molecule has 1 fully saturated rings. The van der Waals surface area contributed by atoms with Gasteiger partial charge in [-0.15, -0.1) is 0 Å². The van der Waals surface area contributed by atoms with Crippen LogP contribution < -0.4 is 16.0 Å². The SMILES string of the molecule is COCCNC(=O)CCNC(=O)NCc1ccc(S(=O)(=O)N2CCCCC2)cc1. The Morgan fingerprint density at radius 3 is 2.34 bits per heavy atom. The van der Waals surface area contributed by atoms with Crippen LogP contribution >= 0.6 is 0 Å². The summed E-state index contributed by atoms with van der Waals surface area (Å²) in [6, 6.07) is 6.15. The summed E-state index contributed by atoms with van der Waals surface area (Å²) in [5, 5.41) is 7.96. The van der Waals surface area contributed by atoms with E-state index in [1.807, 2.05) is 0 Å². The van der Waals surface area contributed by atoms with Gasteiger partial charge in [0, 0.05) is 46.3 Å². The highest BCUT2D eigenvalue weighted by Crippen LogP contribution is 2.20. The Balaban J connectivity index is 1.72. The van der Waals surface area contributed by atoms with Crippen molar-refractivity contribution in [2.24, 2.45) is 0 Å². The predicted octanol–water partition coefficient (Wildman–Crippen LogP) is 0.813. The number of sulfonamides is 1. The lowest BCUT2D eigenvalue weighted by Crippen LogP contribution is -2.38. The van der Waals surface area contributed by atoms with E-state index in [1.54, 1.807) is 31.4 Å². The number of carbonyl (C=O) groups excluding carboxylic acids is 2. The van der Waals surface area contributed by atoms with E-state index in [9.17, 15) is 18.0 Å². The number of ether oxygens (including phenoxy) is 1. The lowest BCUT2D eigenvalue weighted by Gasteiger charge is -2.25. The number of carbonyl (C=O) groups is 2. The zero-order chi connectivity index (χ0) is 21.1. The maximum Gasteiger partial charge on any atom is 0.315 e. The third kappa shape index (κ3) is 7.64. The second-order valence-corrected chi connectivity index (χ2v) is 8.75. The van der Waals surface area contributed by atoms with E-state index in [4.69, 9.17) is 4.74 Å². The van der Waals surface area contributed by atoms with Gasteiger partial charge in [-0.1, -0.05) is 18.6 Å². The summed E-state index contributed by atoms with van der Waals surface area (Å²) < 4.78 is 31.6. The first-order valence-electron chi connectivity index (χ1n) is 9.80. The molecule has 3 N–H and O–H groups in total. The van der Waals surface area contributed by atoms with Gasteiger partial charge in [-0.2, -0.15) is 4.31 Å². The predicted molar refractivity (Wildman–Crippen MR) is 109 cm³/mol. The Kier molecular flexibility index (Phi) is 9.36. The van der Waals surface area contributed by atoms with Crippen LogP contribution in [0, 0.1) is 0 Å². The van der Waals surface area contributed by atoms with Crippen molar-refractivity contribution in [3.8, 4) is 0 Å². The molecule has 1 aliphatic rings. The molecule has 1 saturated heterocycles. The summed E-state index contributed by atoms with van der Waals surface area (Å²) in [5.74, 6) is -0.159. The summed E-state index contributed by atoms with van der Waals surface area (Å²) in [4.78, 5) is 23.6. The average molecular weight is 427 g/mol. The molecule has 1 heterocycles. The number of rotatable bonds is 10. The lowest BCUT2D eigenvalue weighted by atomic mass is 10.2. The molecule has 1 aliphatic heterocycles. The fraction of sp³-hybridized carbons (Fsp3) is 0.579. The van der Waals surface area contributed by atoms with E-state index < -0.39 is 10.0 Å². The second kappa shape index (κ2) is 11.7. The number of amides is 3. The smallest absolute Gasteiger partial charge is 0.315 e. The molecule has 0 unspecified atom stereocenters. The quantitative estimate of drug-likeness (QED) is 0.479. The summed E-state index contributed by atoms with van der Waals surface area (Å²) in [7, 11) is -1.90.